The van der Waals surface area contributed by atoms with E-state index in [0.717, 1.165) is 16.6 Å². The highest BCUT2D eigenvalue weighted by Gasteiger charge is 2.14. The van der Waals surface area contributed by atoms with E-state index in [1.807, 2.05) is 36.4 Å². The fourth-order valence-electron chi connectivity index (χ4n) is 3.70. The Morgan fingerprint density at radius 2 is 1.81 bits per heavy atom. The monoisotopic (exact) mass is 360 g/mol. The Labute approximate surface area is 159 Å². The highest BCUT2D eigenvalue weighted by molar-refractivity contribution is 6.08. The second kappa shape index (κ2) is 8.16. The predicted octanol–water partition coefficient (Wildman–Crippen LogP) is 5.02. The number of hydrogen-bond acceptors (Lipinski definition) is 4. The Kier molecular flexibility index (Phi) is 5.28. The van der Waals surface area contributed by atoms with Crippen molar-refractivity contribution < 1.29 is 4.79 Å². The average Bonchev–Trinajstić information content (AvgIpc) is 2.97. The van der Waals surface area contributed by atoms with Gasteiger partial charge in [-0.1, -0.05) is 43.9 Å². The Morgan fingerprint density at radius 3 is 2.67 bits per heavy atom. The van der Waals surface area contributed by atoms with Crippen LogP contribution >= 0.6 is 0 Å². The number of benzene rings is 1. The van der Waals surface area contributed by atoms with Crippen molar-refractivity contribution in [2.75, 3.05) is 10.6 Å². The van der Waals surface area contributed by atoms with Crippen LogP contribution in [-0.2, 0) is 0 Å². The molecule has 4 rings (SSSR count). The van der Waals surface area contributed by atoms with Crippen LogP contribution in [0.5, 0.6) is 0 Å². The van der Waals surface area contributed by atoms with Gasteiger partial charge in [-0.2, -0.15) is 0 Å². The second-order valence-corrected chi connectivity index (χ2v) is 7.13. The Bertz CT molecular complexity index is 927. The van der Waals surface area contributed by atoms with E-state index in [-0.39, 0.29) is 5.91 Å². The summed E-state index contributed by atoms with van der Waals surface area (Å²) in [7, 11) is 0. The van der Waals surface area contributed by atoms with E-state index < -0.39 is 0 Å². The van der Waals surface area contributed by atoms with E-state index in [2.05, 4.69) is 20.6 Å². The molecule has 1 aliphatic rings. The van der Waals surface area contributed by atoms with Crippen molar-refractivity contribution >= 4 is 28.2 Å². The first-order valence-corrected chi connectivity index (χ1v) is 9.66. The van der Waals surface area contributed by atoms with Gasteiger partial charge in [-0.3, -0.25) is 14.8 Å². The summed E-state index contributed by atoms with van der Waals surface area (Å²) in [6.07, 6.45) is 12.6. The van der Waals surface area contributed by atoms with E-state index >= 15 is 0 Å². The molecule has 0 aliphatic heterocycles. The number of carbonyl (C=O) groups is 1. The molecule has 0 bridgehead atoms. The summed E-state index contributed by atoms with van der Waals surface area (Å²) in [4.78, 5) is 21.4. The van der Waals surface area contributed by atoms with Crippen LogP contribution < -0.4 is 10.6 Å². The lowest BCUT2D eigenvalue weighted by Gasteiger charge is -2.17. The van der Waals surface area contributed by atoms with Gasteiger partial charge < -0.3 is 10.6 Å². The van der Waals surface area contributed by atoms with Crippen LogP contribution in [0.2, 0.25) is 0 Å². The molecule has 0 radical (unpaired) electrons. The zero-order chi connectivity index (χ0) is 18.5. The molecule has 2 aromatic heterocycles. The van der Waals surface area contributed by atoms with Crippen molar-refractivity contribution in [2.45, 2.75) is 44.6 Å². The number of aromatic nitrogens is 2. The SMILES string of the molecule is O=C(Nc1cccc2cccnc12)c1cncc(NC2CCCCCC2)c1. The van der Waals surface area contributed by atoms with Crippen molar-refractivity contribution in [1.82, 2.24) is 9.97 Å². The molecule has 0 spiro atoms. The molecule has 138 valence electrons. The molecular formula is C22H24N4O. The van der Waals surface area contributed by atoms with E-state index in [1.54, 1.807) is 18.6 Å². The van der Waals surface area contributed by atoms with E-state index in [9.17, 15) is 4.79 Å². The van der Waals surface area contributed by atoms with Gasteiger partial charge in [0.25, 0.3) is 5.91 Å². The number of nitrogens with zero attached hydrogens (tertiary/aromatic N) is 2. The molecule has 1 fully saturated rings. The lowest BCUT2D eigenvalue weighted by atomic mass is 10.1. The number of nitrogens with one attached hydrogen (secondary N) is 2. The molecule has 1 aromatic carbocycles. The Balaban J connectivity index is 1.50. The third-order valence-electron chi connectivity index (χ3n) is 5.11. The van der Waals surface area contributed by atoms with E-state index in [0.29, 0.717) is 17.3 Å². The molecule has 0 saturated heterocycles. The molecule has 5 heteroatoms. The summed E-state index contributed by atoms with van der Waals surface area (Å²) in [5.74, 6) is -0.176. The lowest BCUT2D eigenvalue weighted by Crippen LogP contribution is -2.19. The number of amides is 1. The summed E-state index contributed by atoms with van der Waals surface area (Å²) >= 11 is 0. The number of rotatable bonds is 4. The molecule has 5 nitrogen and oxygen atoms in total. The average molecular weight is 360 g/mol. The smallest absolute Gasteiger partial charge is 0.257 e. The molecule has 2 heterocycles. The third kappa shape index (κ3) is 4.25. The van der Waals surface area contributed by atoms with E-state index in [1.165, 1.54) is 38.5 Å². The van der Waals surface area contributed by atoms with Gasteiger partial charge in [-0.15, -0.1) is 0 Å². The van der Waals surface area contributed by atoms with Gasteiger partial charge >= 0.3 is 0 Å². The molecule has 0 atom stereocenters. The molecule has 1 aliphatic carbocycles. The highest BCUT2D eigenvalue weighted by Crippen LogP contribution is 2.23. The topological polar surface area (TPSA) is 66.9 Å². The number of carbonyl (C=O) groups excluding carboxylic acids is 1. The van der Waals surface area contributed by atoms with Crippen LogP contribution in [-0.4, -0.2) is 21.9 Å². The first kappa shape index (κ1) is 17.5. The van der Waals surface area contributed by atoms with Crippen LogP contribution in [0.3, 0.4) is 0 Å². The maximum atomic E-state index is 12.8. The van der Waals surface area contributed by atoms with Crippen LogP contribution in [0.1, 0.15) is 48.9 Å². The molecule has 27 heavy (non-hydrogen) atoms. The van der Waals surface area contributed by atoms with Crippen molar-refractivity contribution in [3.05, 3.63) is 60.6 Å². The number of anilines is 2. The number of hydrogen-bond donors (Lipinski definition) is 2. The van der Waals surface area contributed by atoms with Gasteiger partial charge in [0, 0.05) is 30.0 Å². The molecule has 0 unspecified atom stereocenters. The first-order chi connectivity index (χ1) is 13.3. The van der Waals surface area contributed by atoms with Crippen molar-refractivity contribution in [3.63, 3.8) is 0 Å². The Hall–Kier alpha value is -2.95. The molecule has 2 N–H and O–H groups in total. The fraction of sp³-hybridized carbons (Fsp3) is 0.318. The van der Waals surface area contributed by atoms with Gasteiger partial charge in [-0.05, 0) is 31.0 Å². The summed E-state index contributed by atoms with van der Waals surface area (Å²) in [5, 5.41) is 7.53. The summed E-state index contributed by atoms with van der Waals surface area (Å²) in [6.45, 7) is 0. The molecular weight excluding hydrogens is 336 g/mol. The normalized spacial score (nSPS) is 15.3. The number of pyridine rings is 2. The largest absolute Gasteiger partial charge is 0.381 e. The van der Waals surface area contributed by atoms with Gasteiger partial charge in [0.15, 0.2) is 0 Å². The standard InChI is InChI=1S/C22H24N4O/c27-22(26-20-11-5-7-16-8-6-12-24-21(16)20)17-13-19(15-23-14-17)25-18-9-3-1-2-4-10-18/h5-8,11-15,18,25H,1-4,9-10H2,(H,26,27). The zero-order valence-electron chi connectivity index (χ0n) is 15.3. The second-order valence-electron chi connectivity index (χ2n) is 7.13. The van der Waals surface area contributed by atoms with Gasteiger partial charge in [0.05, 0.1) is 22.5 Å². The van der Waals surface area contributed by atoms with Crippen molar-refractivity contribution in [3.8, 4) is 0 Å². The number of para-hydroxylation sites is 1. The zero-order valence-corrected chi connectivity index (χ0v) is 15.3. The third-order valence-corrected chi connectivity index (χ3v) is 5.11. The minimum absolute atomic E-state index is 0.176. The number of fused-ring (bicyclic) bond motifs is 1. The molecule has 1 saturated carbocycles. The Morgan fingerprint density at radius 1 is 1.00 bits per heavy atom. The van der Waals surface area contributed by atoms with Crippen molar-refractivity contribution in [1.29, 1.82) is 0 Å². The lowest BCUT2D eigenvalue weighted by molar-refractivity contribution is 0.102. The van der Waals surface area contributed by atoms with Crippen molar-refractivity contribution in [2.24, 2.45) is 0 Å². The first-order valence-electron chi connectivity index (χ1n) is 9.66. The minimum atomic E-state index is -0.176. The molecule has 1 amide bonds. The van der Waals surface area contributed by atoms with Crippen LogP contribution in [0.25, 0.3) is 10.9 Å². The maximum Gasteiger partial charge on any atom is 0.257 e. The predicted molar refractivity (Wildman–Crippen MR) is 109 cm³/mol. The fourth-order valence-corrected chi connectivity index (χ4v) is 3.70. The minimum Gasteiger partial charge on any atom is -0.381 e. The summed E-state index contributed by atoms with van der Waals surface area (Å²) in [5.41, 5.74) is 2.95. The van der Waals surface area contributed by atoms with Gasteiger partial charge in [0.2, 0.25) is 0 Å². The van der Waals surface area contributed by atoms with Gasteiger partial charge in [-0.25, -0.2) is 0 Å². The van der Waals surface area contributed by atoms with E-state index in [4.69, 9.17) is 0 Å². The summed E-state index contributed by atoms with van der Waals surface area (Å²) in [6, 6.07) is 12.0. The maximum absolute atomic E-state index is 12.8. The molecule has 3 aromatic rings. The highest BCUT2D eigenvalue weighted by atomic mass is 16.1. The van der Waals surface area contributed by atoms with Crippen LogP contribution in [0.15, 0.2) is 55.0 Å². The van der Waals surface area contributed by atoms with Crippen LogP contribution in [0, 0.1) is 0 Å². The quantitative estimate of drug-likeness (QED) is 0.641. The summed E-state index contributed by atoms with van der Waals surface area (Å²) < 4.78 is 0. The van der Waals surface area contributed by atoms with Gasteiger partial charge in [0.1, 0.15) is 0 Å². The van der Waals surface area contributed by atoms with Crippen LogP contribution in [0.4, 0.5) is 11.4 Å².